The van der Waals surface area contributed by atoms with Crippen molar-refractivity contribution in [3.63, 3.8) is 0 Å². The van der Waals surface area contributed by atoms with E-state index in [-0.39, 0.29) is 24.0 Å². The van der Waals surface area contributed by atoms with Crippen LogP contribution in [0.5, 0.6) is 11.5 Å². The van der Waals surface area contributed by atoms with Crippen molar-refractivity contribution in [2.75, 3.05) is 20.7 Å². The van der Waals surface area contributed by atoms with Crippen LogP contribution in [0, 0.1) is 5.82 Å². The van der Waals surface area contributed by atoms with Crippen LogP contribution in [-0.4, -0.2) is 43.1 Å². The van der Waals surface area contributed by atoms with Crippen molar-refractivity contribution in [2.45, 2.75) is 36.9 Å². The second-order valence-corrected chi connectivity index (χ2v) is 10.4. The van der Waals surface area contributed by atoms with Crippen molar-refractivity contribution >= 4 is 11.9 Å². The van der Waals surface area contributed by atoms with Gasteiger partial charge in [-0.15, -0.1) is 0 Å². The van der Waals surface area contributed by atoms with Crippen molar-refractivity contribution in [1.82, 2.24) is 10.2 Å². The summed E-state index contributed by atoms with van der Waals surface area (Å²) in [5.41, 5.74) is 8.81. The van der Waals surface area contributed by atoms with Gasteiger partial charge in [-0.1, -0.05) is 30.3 Å². The van der Waals surface area contributed by atoms with Gasteiger partial charge in [-0.2, -0.15) is 0 Å². The third kappa shape index (κ3) is 3.92. The van der Waals surface area contributed by atoms with Gasteiger partial charge < -0.3 is 20.5 Å². The summed E-state index contributed by atoms with van der Waals surface area (Å²) in [4.78, 5) is 19.9. The molecule has 6 rings (SSSR count). The van der Waals surface area contributed by atoms with Crippen LogP contribution < -0.4 is 20.5 Å². The molecule has 190 valence electrons. The molecule has 1 amide bonds. The molecule has 1 spiro atoms. The highest BCUT2D eigenvalue weighted by Gasteiger charge is 2.56. The monoisotopic (exact) mass is 500 g/mol. The molecule has 0 aromatic heterocycles. The van der Waals surface area contributed by atoms with Gasteiger partial charge in [-0.3, -0.25) is 9.69 Å². The Hall–Kier alpha value is -3.91. The molecule has 3 aliphatic rings. The second-order valence-electron chi connectivity index (χ2n) is 10.4. The molecule has 37 heavy (non-hydrogen) atoms. The van der Waals surface area contributed by atoms with Crippen molar-refractivity contribution in [3.05, 3.63) is 83.2 Å². The van der Waals surface area contributed by atoms with Gasteiger partial charge >= 0.3 is 0 Å². The molecular weight excluding hydrogens is 471 g/mol. The molecule has 3 aromatic rings. The standard InChI is InChI=1S/C29H29FN4O3/c1-28(14-17-7-9-25(36-3)22(30)11-17)16-29(26(35)34(2)27(31)33-29)21-13-19(8-10-24(21)37-28)18-5-4-6-20(12-18)23-15-32-23/h4-13,23,32H,14-16H2,1-3H3,(H2,31,33)/t23-,28-,29?/m1/s1. The van der Waals surface area contributed by atoms with Crippen LogP contribution in [0.15, 0.2) is 65.7 Å². The Bertz CT molecular complexity index is 1450. The SMILES string of the molecule is COc1ccc(C[C@]2(C)CC3(N=C(N)N(C)C3=O)c3cc(-c4cccc([C@H]5CN5)c4)ccc3O2)cc1F. The smallest absolute Gasteiger partial charge is 0.261 e. The number of fused-ring (bicyclic) bond motifs is 2. The fraction of sp³-hybridized carbons (Fsp3) is 0.310. The summed E-state index contributed by atoms with van der Waals surface area (Å²) in [7, 11) is 3.07. The fourth-order valence-electron chi connectivity index (χ4n) is 5.63. The summed E-state index contributed by atoms with van der Waals surface area (Å²) >= 11 is 0. The minimum Gasteiger partial charge on any atom is -0.494 e. The number of methoxy groups -OCH3 is 1. The number of nitrogens with zero attached hydrogens (tertiary/aromatic N) is 2. The van der Waals surface area contributed by atoms with E-state index in [9.17, 15) is 9.18 Å². The number of carbonyl (C=O) groups excluding carboxylic acids is 1. The number of aliphatic imine (C=N–C) groups is 1. The van der Waals surface area contributed by atoms with Crippen LogP contribution in [0.2, 0.25) is 0 Å². The number of nitrogens with two attached hydrogens (primary N) is 1. The van der Waals surface area contributed by atoms with E-state index in [0.717, 1.165) is 23.2 Å². The maximum absolute atomic E-state index is 14.4. The minimum atomic E-state index is -1.22. The molecule has 3 aliphatic heterocycles. The number of nitrogens with one attached hydrogen (secondary N) is 1. The summed E-state index contributed by atoms with van der Waals surface area (Å²) in [6.45, 7) is 2.91. The van der Waals surface area contributed by atoms with Gasteiger partial charge in [0.15, 0.2) is 23.1 Å². The molecule has 0 saturated carbocycles. The zero-order valence-corrected chi connectivity index (χ0v) is 21.0. The average molecular weight is 501 g/mol. The fourth-order valence-corrected chi connectivity index (χ4v) is 5.63. The van der Waals surface area contributed by atoms with Crippen molar-refractivity contribution < 1.29 is 18.7 Å². The molecule has 3 atom stereocenters. The molecular formula is C29H29FN4O3. The maximum Gasteiger partial charge on any atom is 0.261 e. The first-order valence-electron chi connectivity index (χ1n) is 12.3. The summed E-state index contributed by atoms with van der Waals surface area (Å²) in [5.74, 6) is 0.283. The second kappa shape index (κ2) is 8.31. The molecule has 8 heteroatoms. The van der Waals surface area contributed by atoms with Crippen LogP contribution in [0.4, 0.5) is 4.39 Å². The Morgan fingerprint density at radius 2 is 1.97 bits per heavy atom. The highest BCUT2D eigenvalue weighted by atomic mass is 19.1. The molecule has 1 fully saturated rings. The topological polar surface area (TPSA) is 99.1 Å². The molecule has 7 nitrogen and oxygen atoms in total. The van der Waals surface area contributed by atoms with Crippen LogP contribution >= 0.6 is 0 Å². The minimum absolute atomic E-state index is 0.169. The summed E-state index contributed by atoms with van der Waals surface area (Å²) < 4.78 is 26.0. The van der Waals surface area contributed by atoms with Gasteiger partial charge in [-0.25, -0.2) is 9.38 Å². The van der Waals surface area contributed by atoms with Crippen molar-refractivity contribution in [2.24, 2.45) is 10.7 Å². The number of hydrogen-bond donors (Lipinski definition) is 2. The number of likely N-dealkylation sites (N-methyl/N-ethyl adjacent to an activating group) is 1. The first-order chi connectivity index (χ1) is 17.7. The first-order valence-corrected chi connectivity index (χ1v) is 12.3. The Morgan fingerprint density at radius 3 is 2.65 bits per heavy atom. The number of halogens is 1. The number of benzene rings is 3. The van der Waals surface area contributed by atoms with Gasteiger partial charge in [0.2, 0.25) is 0 Å². The van der Waals surface area contributed by atoms with E-state index in [1.165, 1.54) is 23.6 Å². The third-order valence-corrected chi connectivity index (χ3v) is 7.54. The van der Waals surface area contributed by atoms with Crippen LogP contribution in [0.25, 0.3) is 11.1 Å². The summed E-state index contributed by atoms with van der Waals surface area (Å²) in [6, 6.07) is 19.5. The Labute approximate surface area is 215 Å². The number of guanidine groups is 1. The van der Waals surface area contributed by atoms with Gasteiger partial charge in [0, 0.05) is 38.0 Å². The molecule has 0 radical (unpaired) electrons. The average Bonchev–Trinajstić information content (AvgIpc) is 3.70. The Morgan fingerprint density at radius 1 is 1.19 bits per heavy atom. The molecule has 3 heterocycles. The zero-order chi connectivity index (χ0) is 25.9. The number of rotatable bonds is 5. The maximum atomic E-state index is 14.4. The van der Waals surface area contributed by atoms with E-state index < -0.39 is 17.0 Å². The van der Waals surface area contributed by atoms with E-state index in [4.69, 9.17) is 20.2 Å². The van der Waals surface area contributed by atoms with E-state index in [0.29, 0.717) is 23.8 Å². The predicted octanol–water partition coefficient (Wildman–Crippen LogP) is 3.91. The predicted molar refractivity (Wildman–Crippen MR) is 139 cm³/mol. The molecule has 1 saturated heterocycles. The van der Waals surface area contributed by atoms with Crippen molar-refractivity contribution in [1.29, 1.82) is 0 Å². The summed E-state index contributed by atoms with van der Waals surface area (Å²) in [6.07, 6.45) is 0.639. The molecule has 1 unspecified atom stereocenters. The zero-order valence-electron chi connectivity index (χ0n) is 21.0. The Kier molecular flexibility index (Phi) is 5.28. The van der Waals surface area contributed by atoms with Crippen LogP contribution in [-0.2, 0) is 16.8 Å². The van der Waals surface area contributed by atoms with Gasteiger partial charge in [-0.05, 0) is 59.5 Å². The van der Waals surface area contributed by atoms with Crippen LogP contribution in [0.3, 0.4) is 0 Å². The van der Waals surface area contributed by atoms with E-state index in [2.05, 4.69) is 23.5 Å². The van der Waals surface area contributed by atoms with Crippen molar-refractivity contribution in [3.8, 4) is 22.6 Å². The molecule has 0 bridgehead atoms. The lowest BCUT2D eigenvalue weighted by molar-refractivity contribution is -0.133. The van der Waals surface area contributed by atoms with Gasteiger partial charge in [0.1, 0.15) is 11.4 Å². The van der Waals surface area contributed by atoms with Gasteiger partial charge in [0.25, 0.3) is 5.91 Å². The summed E-state index contributed by atoms with van der Waals surface area (Å²) in [5, 5.41) is 3.34. The molecule has 3 aromatic carbocycles. The number of hydrogen-bond acceptors (Lipinski definition) is 6. The molecule has 3 N–H and O–H groups in total. The van der Waals surface area contributed by atoms with E-state index in [1.807, 2.05) is 37.3 Å². The normalized spacial score (nSPS) is 26.1. The number of ether oxygens (including phenoxy) is 2. The van der Waals surface area contributed by atoms with E-state index in [1.54, 1.807) is 13.1 Å². The Balaban J connectivity index is 1.43. The first kappa shape index (κ1) is 23.5. The number of carbonyl (C=O) groups is 1. The lowest BCUT2D eigenvalue weighted by Crippen LogP contribution is -2.51. The largest absolute Gasteiger partial charge is 0.494 e. The van der Waals surface area contributed by atoms with Crippen LogP contribution in [0.1, 0.15) is 36.1 Å². The van der Waals surface area contributed by atoms with Gasteiger partial charge in [0.05, 0.1) is 7.11 Å². The lowest BCUT2D eigenvalue weighted by Gasteiger charge is -2.43. The number of amides is 1. The lowest BCUT2D eigenvalue weighted by atomic mass is 9.74. The molecule has 0 aliphatic carbocycles. The quantitative estimate of drug-likeness (QED) is 0.518. The highest BCUT2D eigenvalue weighted by molar-refractivity contribution is 6.07. The third-order valence-electron chi connectivity index (χ3n) is 7.54. The van der Waals surface area contributed by atoms with E-state index >= 15 is 0 Å². The highest BCUT2D eigenvalue weighted by Crippen LogP contribution is 2.51.